The second-order valence-corrected chi connectivity index (χ2v) is 17.2. The number of benzene rings is 5. The fraction of sp³-hybridized carbons (Fsp3) is 0.0769. The molecule has 0 saturated carbocycles. The minimum atomic E-state index is -1.47. The number of aromatic hydroxyl groups is 1. The molecular formula is C39H33N3OSi. The molecule has 0 spiro atoms. The average Bonchev–Trinajstić information content (AvgIpc) is 3.45. The van der Waals surface area contributed by atoms with E-state index >= 15 is 0 Å². The number of hydrogen-bond donors (Lipinski definition) is 1. The molecule has 44 heavy (non-hydrogen) atoms. The number of phenolic OH excluding ortho intramolecular Hbond substituents is 1. The first kappa shape index (κ1) is 27.6. The Morgan fingerprint density at radius 2 is 1.25 bits per heavy atom. The van der Waals surface area contributed by atoms with Gasteiger partial charge in [-0.1, -0.05) is 98.5 Å². The van der Waals surface area contributed by atoms with Crippen LogP contribution in [0.15, 0.2) is 140 Å². The van der Waals surface area contributed by atoms with Crippen molar-refractivity contribution in [2.24, 2.45) is 0 Å². The van der Waals surface area contributed by atoms with Gasteiger partial charge in [-0.2, -0.15) is 0 Å². The van der Waals surface area contributed by atoms with Gasteiger partial charge >= 0.3 is 0 Å². The fourth-order valence-electron chi connectivity index (χ4n) is 5.75. The molecule has 0 radical (unpaired) electrons. The van der Waals surface area contributed by atoms with Gasteiger partial charge in [0.25, 0.3) is 0 Å². The summed E-state index contributed by atoms with van der Waals surface area (Å²) >= 11 is 0. The van der Waals surface area contributed by atoms with Crippen LogP contribution >= 0.6 is 0 Å². The second-order valence-electron chi connectivity index (χ2n) is 12.1. The monoisotopic (exact) mass is 587 g/mol. The highest BCUT2D eigenvalue weighted by molar-refractivity contribution is 6.88. The topological polar surface area (TPSA) is 50.9 Å². The Hall–Kier alpha value is -5.26. The molecule has 214 valence electrons. The van der Waals surface area contributed by atoms with Crippen molar-refractivity contribution < 1.29 is 5.11 Å². The zero-order valence-electron chi connectivity index (χ0n) is 25.1. The molecule has 7 rings (SSSR count). The molecule has 0 saturated heterocycles. The number of para-hydroxylation sites is 3. The Morgan fingerprint density at radius 1 is 0.591 bits per heavy atom. The van der Waals surface area contributed by atoms with Gasteiger partial charge in [0.2, 0.25) is 0 Å². The van der Waals surface area contributed by atoms with E-state index in [1.165, 1.54) is 5.19 Å². The molecule has 0 fully saturated rings. The predicted octanol–water partition coefficient (Wildman–Crippen LogP) is 9.34. The van der Waals surface area contributed by atoms with Crippen LogP contribution in [0, 0.1) is 0 Å². The Balaban J connectivity index is 1.48. The van der Waals surface area contributed by atoms with Gasteiger partial charge in [-0.25, -0.2) is 4.98 Å². The predicted molar refractivity (Wildman–Crippen MR) is 185 cm³/mol. The van der Waals surface area contributed by atoms with Gasteiger partial charge in [-0.3, -0.25) is 9.55 Å². The van der Waals surface area contributed by atoms with Gasteiger partial charge in [0.1, 0.15) is 11.6 Å². The number of rotatable bonds is 6. The highest BCUT2D eigenvalue weighted by Crippen LogP contribution is 2.39. The number of nitrogens with zero attached hydrogens (tertiary/aromatic N) is 3. The molecule has 0 unspecified atom stereocenters. The highest BCUT2D eigenvalue weighted by atomic mass is 28.3. The maximum Gasteiger partial charge on any atom is 0.149 e. The van der Waals surface area contributed by atoms with Crippen LogP contribution in [0.2, 0.25) is 19.6 Å². The van der Waals surface area contributed by atoms with Gasteiger partial charge in [-0.15, -0.1) is 0 Å². The van der Waals surface area contributed by atoms with Crippen LogP contribution in [0.5, 0.6) is 5.75 Å². The number of imidazole rings is 1. The Bertz CT molecular complexity index is 2090. The Morgan fingerprint density at radius 3 is 1.95 bits per heavy atom. The first-order valence-corrected chi connectivity index (χ1v) is 18.4. The Labute approximate surface area is 259 Å². The summed E-state index contributed by atoms with van der Waals surface area (Å²) in [5, 5.41) is 12.2. The highest BCUT2D eigenvalue weighted by Gasteiger charge is 2.21. The van der Waals surface area contributed by atoms with Crippen LogP contribution in [0.25, 0.3) is 61.6 Å². The lowest BCUT2D eigenvalue weighted by Gasteiger charge is -2.16. The maximum atomic E-state index is 10.9. The third-order valence-corrected chi connectivity index (χ3v) is 10.1. The molecular weight excluding hydrogens is 555 g/mol. The van der Waals surface area contributed by atoms with Crippen LogP contribution in [-0.4, -0.2) is 27.7 Å². The van der Waals surface area contributed by atoms with E-state index in [0.717, 1.165) is 50.2 Å². The van der Waals surface area contributed by atoms with Crippen molar-refractivity contribution in [3.8, 4) is 56.3 Å². The molecule has 0 aliphatic heterocycles. The van der Waals surface area contributed by atoms with E-state index in [9.17, 15) is 5.11 Å². The third kappa shape index (κ3) is 5.12. The van der Waals surface area contributed by atoms with Crippen molar-refractivity contribution in [3.63, 3.8) is 0 Å². The fourth-order valence-corrected chi connectivity index (χ4v) is 6.79. The van der Waals surface area contributed by atoms with Crippen LogP contribution < -0.4 is 5.19 Å². The molecule has 7 aromatic rings. The molecule has 0 aliphatic rings. The number of phenols is 1. The summed E-state index contributed by atoms with van der Waals surface area (Å²) in [5.41, 5.74) is 9.85. The molecule has 4 nitrogen and oxygen atoms in total. The normalized spacial score (nSPS) is 11.6. The minimum Gasteiger partial charge on any atom is -0.507 e. The number of pyridine rings is 1. The molecule has 2 heterocycles. The van der Waals surface area contributed by atoms with Crippen LogP contribution in [-0.2, 0) is 0 Å². The first-order valence-electron chi connectivity index (χ1n) is 14.9. The lowest BCUT2D eigenvalue weighted by Crippen LogP contribution is -2.37. The number of aromatic nitrogens is 3. The van der Waals surface area contributed by atoms with E-state index in [2.05, 4.69) is 115 Å². The third-order valence-electron chi connectivity index (χ3n) is 8.12. The average molecular weight is 588 g/mol. The summed E-state index contributed by atoms with van der Waals surface area (Å²) in [6.07, 6.45) is 2.05. The summed E-state index contributed by atoms with van der Waals surface area (Å²) in [4.78, 5) is 10.2. The van der Waals surface area contributed by atoms with Crippen molar-refractivity contribution in [3.05, 3.63) is 140 Å². The first-order chi connectivity index (χ1) is 21.4. The van der Waals surface area contributed by atoms with E-state index in [4.69, 9.17) is 9.97 Å². The minimum absolute atomic E-state index is 0.197. The van der Waals surface area contributed by atoms with Gasteiger partial charge in [-0.05, 0) is 76.5 Å². The van der Waals surface area contributed by atoms with Crippen molar-refractivity contribution >= 4 is 24.3 Å². The lowest BCUT2D eigenvalue weighted by molar-refractivity contribution is 0.477. The molecule has 2 aromatic heterocycles. The van der Waals surface area contributed by atoms with Gasteiger partial charge in [0, 0.05) is 23.0 Å². The smallest absolute Gasteiger partial charge is 0.149 e. The molecule has 0 amide bonds. The summed E-state index contributed by atoms with van der Waals surface area (Å²) < 4.78 is 2.13. The quantitative estimate of drug-likeness (QED) is 0.197. The number of hydrogen-bond acceptors (Lipinski definition) is 3. The molecule has 5 aromatic carbocycles. The zero-order valence-corrected chi connectivity index (χ0v) is 26.1. The van der Waals surface area contributed by atoms with Gasteiger partial charge in [0.15, 0.2) is 0 Å². The van der Waals surface area contributed by atoms with E-state index in [0.29, 0.717) is 11.4 Å². The Kier molecular flexibility index (Phi) is 6.95. The van der Waals surface area contributed by atoms with Crippen LogP contribution in [0.1, 0.15) is 0 Å². The van der Waals surface area contributed by atoms with E-state index in [1.54, 1.807) is 6.07 Å². The molecule has 0 bridgehead atoms. The van der Waals surface area contributed by atoms with E-state index in [-0.39, 0.29) is 5.75 Å². The van der Waals surface area contributed by atoms with Crippen LogP contribution in [0.4, 0.5) is 0 Å². The van der Waals surface area contributed by atoms with Crippen molar-refractivity contribution in [2.75, 3.05) is 0 Å². The summed E-state index contributed by atoms with van der Waals surface area (Å²) in [6.45, 7) is 7.03. The van der Waals surface area contributed by atoms with Crippen molar-refractivity contribution in [1.29, 1.82) is 0 Å². The summed E-state index contributed by atoms with van der Waals surface area (Å²) in [7, 11) is -1.47. The molecule has 0 aliphatic carbocycles. The standard InChI is InChI=1S/C39H33N3OSi/c1-44(2,3)32-21-22-35(40-26-32)30-24-28(27-13-6-4-7-14-27)23-29(25-30)33-18-12-19-36-38(33)41-39(34-17-10-11-20-37(34)43)42(36)31-15-8-5-9-16-31/h4-26,43H,1-3H3. The SMILES string of the molecule is C[Si](C)(C)c1ccc(-c2cc(-c3ccccc3)cc(-c3cccc4c3nc(-c3ccccc3O)n4-c3ccccc3)c2)nc1. The molecule has 0 atom stereocenters. The van der Waals surface area contributed by atoms with Crippen molar-refractivity contribution in [1.82, 2.24) is 14.5 Å². The zero-order chi connectivity index (χ0) is 30.3. The van der Waals surface area contributed by atoms with Crippen LogP contribution in [0.3, 0.4) is 0 Å². The second kappa shape index (κ2) is 11.1. The lowest BCUT2D eigenvalue weighted by atomic mass is 9.94. The van der Waals surface area contributed by atoms with Crippen molar-refractivity contribution in [2.45, 2.75) is 19.6 Å². The van der Waals surface area contributed by atoms with Gasteiger partial charge in [0.05, 0.1) is 30.4 Å². The van der Waals surface area contributed by atoms with E-state index < -0.39 is 8.07 Å². The molecule has 5 heteroatoms. The summed E-state index contributed by atoms with van der Waals surface area (Å²) in [6, 6.07) is 45.5. The van der Waals surface area contributed by atoms with Gasteiger partial charge < -0.3 is 5.11 Å². The number of fused-ring (bicyclic) bond motifs is 1. The largest absolute Gasteiger partial charge is 0.507 e. The molecule has 1 N–H and O–H groups in total. The maximum absolute atomic E-state index is 10.9. The van der Waals surface area contributed by atoms with E-state index in [1.807, 2.05) is 42.5 Å². The summed E-state index contributed by atoms with van der Waals surface area (Å²) in [5.74, 6) is 0.891.